The highest BCUT2D eigenvalue weighted by Gasteiger charge is 2.48. The Hall–Kier alpha value is -2.33. The van der Waals surface area contributed by atoms with Crippen LogP contribution in [0.25, 0.3) is 0 Å². The lowest BCUT2D eigenvalue weighted by Crippen LogP contribution is -2.27. The molecule has 130 valence electrons. The summed E-state index contributed by atoms with van der Waals surface area (Å²) in [6, 6.07) is 13.3. The molecule has 0 spiro atoms. The summed E-state index contributed by atoms with van der Waals surface area (Å²) in [5.74, 6) is -0.703. The Morgan fingerprint density at radius 3 is 2.52 bits per heavy atom. The Morgan fingerprint density at radius 1 is 1.08 bits per heavy atom. The SMILES string of the molecule is Cc1ccc(NC(=O)C2CC2C(=O)NCc2ccccc2Cl)c(C)c1. The Balaban J connectivity index is 1.52. The van der Waals surface area contributed by atoms with Crippen molar-refractivity contribution >= 4 is 29.1 Å². The van der Waals surface area contributed by atoms with E-state index in [9.17, 15) is 9.59 Å². The van der Waals surface area contributed by atoms with E-state index in [1.165, 1.54) is 0 Å². The van der Waals surface area contributed by atoms with Crippen molar-refractivity contribution in [2.45, 2.75) is 26.8 Å². The van der Waals surface area contributed by atoms with Gasteiger partial charge in [0, 0.05) is 17.3 Å². The number of carbonyl (C=O) groups is 2. The van der Waals surface area contributed by atoms with Crippen LogP contribution >= 0.6 is 11.6 Å². The van der Waals surface area contributed by atoms with Crippen molar-refractivity contribution in [3.63, 3.8) is 0 Å². The molecule has 0 aromatic heterocycles. The molecule has 1 aliphatic rings. The van der Waals surface area contributed by atoms with Gasteiger partial charge in [-0.25, -0.2) is 0 Å². The molecule has 3 rings (SSSR count). The van der Waals surface area contributed by atoms with Crippen LogP contribution in [-0.2, 0) is 16.1 Å². The zero-order valence-electron chi connectivity index (χ0n) is 14.3. The molecule has 2 unspecified atom stereocenters. The van der Waals surface area contributed by atoms with Gasteiger partial charge in [-0.2, -0.15) is 0 Å². The van der Waals surface area contributed by atoms with Crippen LogP contribution in [0, 0.1) is 25.7 Å². The summed E-state index contributed by atoms with van der Waals surface area (Å²) in [7, 11) is 0. The predicted molar refractivity (Wildman–Crippen MR) is 99.4 cm³/mol. The third kappa shape index (κ3) is 4.20. The first kappa shape index (κ1) is 17.5. The van der Waals surface area contributed by atoms with Crippen LogP contribution in [0.4, 0.5) is 5.69 Å². The van der Waals surface area contributed by atoms with E-state index in [1.54, 1.807) is 6.07 Å². The smallest absolute Gasteiger partial charge is 0.228 e. The Labute approximate surface area is 152 Å². The summed E-state index contributed by atoms with van der Waals surface area (Å²) in [5.41, 5.74) is 3.85. The van der Waals surface area contributed by atoms with Gasteiger partial charge in [0.2, 0.25) is 11.8 Å². The molecule has 2 aromatic rings. The molecule has 2 N–H and O–H groups in total. The van der Waals surface area contributed by atoms with Crippen molar-refractivity contribution in [3.8, 4) is 0 Å². The number of hydrogen-bond acceptors (Lipinski definition) is 2. The van der Waals surface area contributed by atoms with Gasteiger partial charge in [-0.15, -0.1) is 0 Å². The molecule has 2 amide bonds. The quantitative estimate of drug-likeness (QED) is 0.854. The highest BCUT2D eigenvalue weighted by atomic mass is 35.5. The number of hydrogen-bond donors (Lipinski definition) is 2. The van der Waals surface area contributed by atoms with Gasteiger partial charge in [-0.1, -0.05) is 47.5 Å². The Bertz CT molecular complexity index is 819. The first-order valence-electron chi connectivity index (χ1n) is 8.35. The molecule has 1 aliphatic carbocycles. The van der Waals surface area contributed by atoms with Gasteiger partial charge in [0.05, 0.1) is 11.8 Å². The molecular formula is C20H21ClN2O2. The lowest BCUT2D eigenvalue weighted by molar-refractivity contribution is -0.125. The summed E-state index contributed by atoms with van der Waals surface area (Å²) in [5, 5.41) is 6.42. The van der Waals surface area contributed by atoms with E-state index in [0.717, 1.165) is 22.4 Å². The van der Waals surface area contributed by atoms with Crippen LogP contribution in [0.15, 0.2) is 42.5 Å². The number of benzene rings is 2. The molecular weight excluding hydrogens is 336 g/mol. The number of aryl methyl sites for hydroxylation is 2. The van der Waals surface area contributed by atoms with Crippen molar-refractivity contribution < 1.29 is 9.59 Å². The second-order valence-corrected chi connectivity index (χ2v) is 6.97. The largest absolute Gasteiger partial charge is 0.352 e. The summed E-state index contributed by atoms with van der Waals surface area (Å²) in [4.78, 5) is 24.6. The zero-order valence-corrected chi connectivity index (χ0v) is 15.1. The highest BCUT2D eigenvalue weighted by molar-refractivity contribution is 6.31. The minimum atomic E-state index is -0.257. The van der Waals surface area contributed by atoms with E-state index in [-0.39, 0.29) is 23.7 Å². The van der Waals surface area contributed by atoms with E-state index in [4.69, 9.17) is 11.6 Å². The van der Waals surface area contributed by atoms with E-state index in [1.807, 2.05) is 50.2 Å². The fourth-order valence-corrected chi connectivity index (χ4v) is 3.11. The van der Waals surface area contributed by atoms with Crippen LogP contribution in [0.3, 0.4) is 0 Å². The van der Waals surface area contributed by atoms with Gasteiger partial charge in [-0.3, -0.25) is 9.59 Å². The first-order valence-corrected chi connectivity index (χ1v) is 8.72. The molecule has 0 radical (unpaired) electrons. The fraction of sp³-hybridized carbons (Fsp3) is 0.300. The highest BCUT2D eigenvalue weighted by Crippen LogP contribution is 2.39. The Kier molecular flexibility index (Phi) is 5.09. The molecule has 0 heterocycles. The molecule has 0 saturated heterocycles. The molecule has 1 fully saturated rings. The molecule has 4 nitrogen and oxygen atoms in total. The van der Waals surface area contributed by atoms with E-state index >= 15 is 0 Å². The molecule has 0 bridgehead atoms. The average Bonchev–Trinajstić information content (AvgIpc) is 3.37. The summed E-state index contributed by atoms with van der Waals surface area (Å²) in [6.45, 7) is 4.35. The van der Waals surface area contributed by atoms with Crippen LogP contribution in [0.5, 0.6) is 0 Å². The molecule has 25 heavy (non-hydrogen) atoms. The summed E-state index contributed by atoms with van der Waals surface area (Å²) < 4.78 is 0. The zero-order chi connectivity index (χ0) is 18.0. The van der Waals surface area contributed by atoms with Crippen LogP contribution in [-0.4, -0.2) is 11.8 Å². The second-order valence-electron chi connectivity index (χ2n) is 6.57. The first-order chi connectivity index (χ1) is 12.0. The van der Waals surface area contributed by atoms with Gasteiger partial charge in [-0.05, 0) is 43.5 Å². The van der Waals surface area contributed by atoms with E-state index in [2.05, 4.69) is 10.6 Å². The minimum absolute atomic E-state index is 0.0927. The van der Waals surface area contributed by atoms with Gasteiger partial charge in [0.1, 0.15) is 0 Å². The number of carbonyl (C=O) groups excluding carboxylic acids is 2. The Morgan fingerprint density at radius 2 is 1.80 bits per heavy atom. The van der Waals surface area contributed by atoms with Crippen molar-refractivity contribution in [2.24, 2.45) is 11.8 Å². The van der Waals surface area contributed by atoms with Crippen molar-refractivity contribution in [1.82, 2.24) is 5.32 Å². The van der Waals surface area contributed by atoms with E-state index in [0.29, 0.717) is 18.0 Å². The fourth-order valence-electron chi connectivity index (χ4n) is 2.91. The number of amides is 2. The van der Waals surface area contributed by atoms with Crippen LogP contribution in [0.1, 0.15) is 23.1 Å². The van der Waals surface area contributed by atoms with Gasteiger partial charge in [0.15, 0.2) is 0 Å². The lowest BCUT2D eigenvalue weighted by Gasteiger charge is -2.09. The molecule has 5 heteroatoms. The van der Waals surface area contributed by atoms with Crippen LogP contribution in [0.2, 0.25) is 5.02 Å². The normalized spacial score (nSPS) is 18.5. The van der Waals surface area contributed by atoms with Crippen LogP contribution < -0.4 is 10.6 Å². The summed E-state index contributed by atoms with van der Waals surface area (Å²) >= 11 is 6.08. The third-order valence-electron chi connectivity index (χ3n) is 4.51. The minimum Gasteiger partial charge on any atom is -0.352 e. The average molecular weight is 357 g/mol. The number of nitrogens with one attached hydrogen (secondary N) is 2. The van der Waals surface area contributed by atoms with Crippen molar-refractivity contribution in [2.75, 3.05) is 5.32 Å². The standard InChI is InChI=1S/C20H21ClN2O2/c1-12-7-8-18(13(2)9-12)23-20(25)16-10-15(16)19(24)22-11-14-5-3-4-6-17(14)21/h3-9,15-16H,10-11H2,1-2H3,(H,22,24)(H,23,25). The number of anilines is 1. The summed E-state index contributed by atoms with van der Waals surface area (Å²) in [6.07, 6.45) is 0.588. The molecule has 2 atom stereocenters. The van der Waals surface area contributed by atoms with Crippen molar-refractivity contribution in [3.05, 3.63) is 64.2 Å². The maximum atomic E-state index is 12.3. The topological polar surface area (TPSA) is 58.2 Å². The molecule has 1 saturated carbocycles. The van der Waals surface area contributed by atoms with Gasteiger partial charge >= 0.3 is 0 Å². The maximum absolute atomic E-state index is 12.3. The maximum Gasteiger partial charge on any atom is 0.228 e. The second kappa shape index (κ2) is 7.28. The molecule has 2 aromatic carbocycles. The third-order valence-corrected chi connectivity index (χ3v) is 4.88. The predicted octanol–water partition coefficient (Wildman–Crippen LogP) is 3.85. The monoisotopic (exact) mass is 356 g/mol. The van der Waals surface area contributed by atoms with E-state index < -0.39 is 0 Å². The van der Waals surface area contributed by atoms with Gasteiger partial charge in [0.25, 0.3) is 0 Å². The number of rotatable bonds is 5. The lowest BCUT2D eigenvalue weighted by atomic mass is 10.1. The number of halogens is 1. The van der Waals surface area contributed by atoms with Gasteiger partial charge < -0.3 is 10.6 Å². The molecule has 0 aliphatic heterocycles. The van der Waals surface area contributed by atoms with Crippen molar-refractivity contribution in [1.29, 1.82) is 0 Å².